The SMILES string of the molecule is CCCCCCCC(CCCCCC)N1CC[C@@H](N)[C@H](O)C1. The Balaban J connectivity index is 2.35. The number of nitrogens with two attached hydrogens (primary N) is 1. The maximum absolute atomic E-state index is 10.1. The van der Waals surface area contributed by atoms with Gasteiger partial charge in [0.15, 0.2) is 0 Å². The van der Waals surface area contributed by atoms with Gasteiger partial charge in [0.2, 0.25) is 0 Å². The summed E-state index contributed by atoms with van der Waals surface area (Å²) in [6.45, 7) is 6.41. The Hall–Kier alpha value is -0.120. The van der Waals surface area contributed by atoms with Crippen LogP contribution in [0.25, 0.3) is 0 Å². The topological polar surface area (TPSA) is 49.5 Å². The Labute approximate surface area is 138 Å². The fourth-order valence-electron chi connectivity index (χ4n) is 3.61. The van der Waals surface area contributed by atoms with Crippen molar-refractivity contribution in [1.82, 2.24) is 4.90 Å². The third kappa shape index (κ3) is 7.94. The molecule has 1 fully saturated rings. The van der Waals surface area contributed by atoms with Crippen LogP contribution in [0.2, 0.25) is 0 Å². The summed E-state index contributed by atoms with van der Waals surface area (Å²) in [4.78, 5) is 2.53. The molecule has 0 saturated carbocycles. The van der Waals surface area contributed by atoms with Gasteiger partial charge in [-0.2, -0.15) is 0 Å². The number of rotatable bonds is 12. The first-order valence-corrected chi connectivity index (χ1v) is 9.86. The highest BCUT2D eigenvalue weighted by Gasteiger charge is 2.28. The molecule has 1 heterocycles. The molecular weight excluding hydrogens is 272 g/mol. The lowest BCUT2D eigenvalue weighted by Crippen LogP contribution is -2.53. The average molecular weight is 313 g/mol. The van der Waals surface area contributed by atoms with Crippen molar-refractivity contribution in [3.05, 3.63) is 0 Å². The molecule has 1 unspecified atom stereocenters. The molecule has 0 amide bonds. The number of hydrogen-bond acceptors (Lipinski definition) is 3. The zero-order chi connectivity index (χ0) is 16.2. The van der Waals surface area contributed by atoms with Crippen molar-refractivity contribution >= 4 is 0 Å². The van der Waals surface area contributed by atoms with Crippen molar-refractivity contribution in [1.29, 1.82) is 0 Å². The second-order valence-corrected chi connectivity index (χ2v) is 7.22. The minimum absolute atomic E-state index is 0.0125. The van der Waals surface area contributed by atoms with Gasteiger partial charge < -0.3 is 10.8 Å². The van der Waals surface area contributed by atoms with Gasteiger partial charge in [0.05, 0.1) is 6.10 Å². The fraction of sp³-hybridized carbons (Fsp3) is 1.00. The van der Waals surface area contributed by atoms with E-state index in [-0.39, 0.29) is 12.1 Å². The number of aliphatic hydroxyl groups excluding tert-OH is 1. The molecule has 132 valence electrons. The first-order chi connectivity index (χ1) is 10.7. The van der Waals surface area contributed by atoms with Crippen LogP contribution in [-0.2, 0) is 0 Å². The van der Waals surface area contributed by atoms with Gasteiger partial charge in [0, 0.05) is 25.2 Å². The van der Waals surface area contributed by atoms with Crippen LogP contribution >= 0.6 is 0 Å². The zero-order valence-corrected chi connectivity index (χ0v) is 15.1. The second kappa shape index (κ2) is 12.3. The van der Waals surface area contributed by atoms with E-state index >= 15 is 0 Å². The average Bonchev–Trinajstić information content (AvgIpc) is 2.52. The van der Waals surface area contributed by atoms with Gasteiger partial charge >= 0.3 is 0 Å². The molecule has 22 heavy (non-hydrogen) atoms. The summed E-state index contributed by atoms with van der Waals surface area (Å²) in [7, 11) is 0. The standard InChI is InChI=1S/C19H40N2O/c1-3-5-7-9-11-13-17(12-10-8-6-4-2)21-15-14-18(20)19(22)16-21/h17-19,22H,3-16,20H2,1-2H3/t17?,18-,19-/m1/s1. The molecule has 1 aliphatic rings. The number of piperidine rings is 1. The monoisotopic (exact) mass is 312 g/mol. The Morgan fingerprint density at radius 3 is 2.05 bits per heavy atom. The quantitative estimate of drug-likeness (QED) is 0.534. The lowest BCUT2D eigenvalue weighted by molar-refractivity contribution is 0.0263. The first-order valence-electron chi connectivity index (χ1n) is 9.86. The van der Waals surface area contributed by atoms with Crippen LogP contribution in [0.15, 0.2) is 0 Å². The van der Waals surface area contributed by atoms with Gasteiger partial charge in [-0.15, -0.1) is 0 Å². The normalized spacial score (nSPS) is 24.5. The molecule has 0 spiro atoms. The molecule has 3 N–H and O–H groups in total. The van der Waals surface area contributed by atoms with Crippen LogP contribution in [0.3, 0.4) is 0 Å². The van der Waals surface area contributed by atoms with Gasteiger partial charge in [-0.05, 0) is 19.3 Å². The van der Waals surface area contributed by atoms with E-state index < -0.39 is 0 Å². The van der Waals surface area contributed by atoms with E-state index in [0.717, 1.165) is 19.5 Å². The van der Waals surface area contributed by atoms with E-state index in [0.29, 0.717) is 6.04 Å². The number of aliphatic hydroxyl groups is 1. The molecule has 1 rings (SSSR count). The Morgan fingerprint density at radius 1 is 0.955 bits per heavy atom. The van der Waals surface area contributed by atoms with E-state index in [9.17, 15) is 5.11 Å². The molecule has 3 nitrogen and oxygen atoms in total. The van der Waals surface area contributed by atoms with Crippen LogP contribution in [0.1, 0.15) is 90.9 Å². The number of β-amino-alcohol motifs (C(OH)–C–C–N with tert-alkyl or cyclic N) is 1. The molecule has 0 aromatic carbocycles. The summed E-state index contributed by atoms with van der Waals surface area (Å²) in [6.07, 6.45) is 15.4. The summed E-state index contributed by atoms with van der Waals surface area (Å²) in [5.41, 5.74) is 5.96. The summed E-state index contributed by atoms with van der Waals surface area (Å²) < 4.78 is 0. The van der Waals surface area contributed by atoms with E-state index in [1.54, 1.807) is 0 Å². The largest absolute Gasteiger partial charge is 0.390 e. The summed E-state index contributed by atoms with van der Waals surface area (Å²) in [5.74, 6) is 0. The molecular formula is C19H40N2O. The van der Waals surface area contributed by atoms with Crippen LogP contribution in [0.4, 0.5) is 0 Å². The summed E-state index contributed by atoms with van der Waals surface area (Å²) in [6, 6.07) is 0.655. The van der Waals surface area contributed by atoms with E-state index in [1.165, 1.54) is 70.6 Å². The van der Waals surface area contributed by atoms with Gasteiger partial charge in [-0.1, -0.05) is 71.6 Å². The second-order valence-electron chi connectivity index (χ2n) is 7.22. The van der Waals surface area contributed by atoms with Gasteiger partial charge in [-0.3, -0.25) is 4.90 Å². The lowest BCUT2D eigenvalue weighted by atomic mass is 9.95. The fourth-order valence-corrected chi connectivity index (χ4v) is 3.61. The molecule has 3 heteroatoms. The van der Waals surface area contributed by atoms with Crippen molar-refractivity contribution in [3.8, 4) is 0 Å². The van der Waals surface area contributed by atoms with Crippen LogP contribution < -0.4 is 5.73 Å². The van der Waals surface area contributed by atoms with Crippen molar-refractivity contribution in [2.75, 3.05) is 13.1 Å². The first kappa shape index (κ1) is 19.9. The third-order valence-corrected chi connectivity index (χ3v) is 5.21. The minimum atomic E-state index is -0.327. The Morgan fingerprint density at radius 2 is 1.50 bits per heavy atom. The highest BCUT2D eigenvalue weighted by molar-refractivity contribution is 4.86. The van der Waals surface area contributed by atoms with E-state index in [1.807, 2.05) is 0 Å². The number of likely N-dealkylation sites (tertiary alicyclic amines) is 1. The molecule has 0 radical (unpaired) electrons. The predicted molar refractivity (Wildman–Crippen MR) is 96.1 cm³/mol. The van der Waals surface area contributed by atoms with Gasteiger partial charge in [0.25, 0.3) is 0 Å². The van der Waals surface area contributed by atoms with E-state index in [2.05, 4.69) is 18.7 Å². The van der Waals surface area contributed by atoms with Crippen LogP contribution in [0.5, 0.6) is 0 Å². The lowest BCUT2D eigenvalue weighted by Gasteiger charge is -2.39. The maximum atomic E-state index is 10.1. The number of unbranched alkanes of at least 4 members (excludes halogenated alkanes) is 7. The summed E-state index contributed by atoms with van der Waals surface area (Å²) in [5, 5.41) is 10.1. The summed E-state index contributed by atoms with van der Waals surface area (Å²) >= 11 is 0. The zero-order valence-electron chi connectivity index (χ0n) is 15.1. The maximum Gasteiger partial charge on any atom is 0.0818 e. The van der Waals surface area contributed by atoms with Crippen LogP contribution in [-0.4, -0.2) is 41.3 Å². The molecule has 3 atom stereocenters. The molecule has 1 aliphatic heterocycles. The Bertz CT molecular complexity index is 260. The number of nitrogens with zero attached hydrogens (tertiary/aromatic N) is 1. The van der Waals surface area contributed by atoms with Crippen molar-refractivity contribution in [2.24, 2.45) is 5.73 Å². The molecule has 0 aliphatic carbocycles. The molecule has 1 saturated heterocycles. The number of hydrogen-bond donors (Lipinski definition) is 2. The molecule has 0 bridgehead atoms. The van der Waals surface area contributed by atoms with Crippen molar-refractivity contribution in [3.63, 3.8) is 0 Å². The Kier molecular flexibility index (Phi) is 11.2. The molecule has 0 aromatic heterocycles. The third-order valence-electron chi connectivity index (χ3n) is 5.21. The van der Waals surface area contributed by atoms with Crippen molar-refractivity contribution in [2.45, 2.75) is 109 Å². The van der Waals surface area contributed by atoms with Gasteiger partial charge in [0.1, 0.15) is 0 Å². The highest BCUT2D eigenvalue weighted by atomic mass is 16.3. The smallest absolute Gasteiger partial charge is 0.0818 e. The predicted octanol–water partition coefficient (Wildman–Crippen LogP) is 4.08. The minimum Gasteiger partial charge on any atom is -0.390 e. The van der Waals surface area contributed by atoms with E-state index in [4.69, 9.17) is 5.73 Å². The molecule has 0 aromatic rings. The van der Waals surface area contributed by atoms with Gasteiger partial charge in [-0.25, -0.2) is 0 Å². The van der Waals surface area contributed by atoms with Crippen LogP contribution in [0, 0.1) is 0 Å². The highest BCUT2D eigenvalue weighted by Crippen LogP contribution is 2.21. The van der Waals surface area contributed by atoms with Crippen molar-refractivity contribution < 1.29 is 5.11 Å².